The number of nitrogens with zero attached hydrogens (tertiary/aromatic N) is 2. The summed E-state index contributed by atoms with van der Waals surface area (Å²) in [6.45, 7) is 9.53. The Morgan fingerprint density at radius 2 is 1.83 bits per heavy atom. The lowest BCUT2D eigenvalue weighted by Crippen LogP contribution is -2.36. The van der Waals surface area contributed by atoms with E-state index in [0.29, 0.717) is 25.5 Å². The smallest absolute Gasteiger partial charge is 0.352 e. The molecule has 2 aromatic rings. The number of morpholine rings is 1. The van der Waals surface area contributed by atoms with E-state index in [2.05, 4.69) is 24.0 Å². The standard InChI is InChI=1S/C19H24N2O3/c1-13-6-4-5-7-16(13)12-21-15(3)17(14(2)18(21)19(22)23)20-8-10-24-11-9-20/h4-7H,8-12H2,1-3H3,(H,22,23). The van der Waals surface area contributed by atoms with Crippen LogP contribution in [0.15, 0.2) is 24.3 Å². The van der Waals surface area contributed by atoms with Crippen molar-refractivity contribution in [3.63, 3.8) is 0 Å². The van der Waals surface area contributed by atoms with Crippen molar-refractivity contribution < 1.29 is 14.6 Å². The van der Waals surface area contributed by atoms with Gasteiger partial charge in [-0.1, -0.05) is 24.3 Å². The SMILES string of the molecule is Cc1ccccc1Cn1c(C)c(N2CCOCC2)c(C)c1C(=O)O. The van der Waals surface area contributed by atoms with Crippen LogP contribution in [0.1, 0.15) is 32.9 Å². The minimum atomic E-state index is -0.872. The third-order valence-electron chi connectivity index (χ3n) is 4.85. The van der Waals surface area contributed by atoms with E-state index in [9.17, 15) is 9.90 Å². The molecule has 1 aliphatic heterocycles. The van der Waals surface area contributed by atoms with Gasteiger partial charge in [-0.05, 0) is 31.9 Å². The number of rotatable bonds is 4. The second kappa shape index (κ2) is 6.69. The average molecular weight is 328 g/mol. The van der Waals surface area contributed by atoms with Crippen LogP contribution < -0.4 is 4.90 Å². The van der Waals surface area contributed by atoms with Crippen molar-refractivity contribution in [2.45, 2.75) is 27.3 Å². The Balaban J connectivity index is 2.07. The van der Waals surface area contributed by atoms with Gasteiger partial charge in [0, 0.05) is 30.9 Å². The molecule has 0 amide bonds. The third kappa shape index (κ3) is 2.91. The molecule has 1 N–H and O–H groups in total. The van der Waals surface area contributed by atoms with Crippen molar-refractivity contribution >= 4 is 11.7 Å². The summed E-state index contributed by atoms with van der Waals surface area (Å²) in [6, 6.07) is 8.12. The molecule has 2 heterocycles. The van der Waals surface area contributed by atoms with Gasteiger partial charge >= 0.3 is 5.97 Å². The van der Waals surface area contributed by atoms with Gasteiger partial charge in [0.05, 0.1) is 18.9 Å². The number of aromatic nitrogens is 1. The highest BCUT2D eigenvalue weighted by Gasteiger charge is 2.26. The normalized spacial score (nSPS) is 14.9. The van der Waals surface area contributed by atoms with Gasteiger partial charge in [-0.3, -0.25) is 0 Å². The Kier molecular flexibility index (Phi) is 4.62. The van der Waals surface area contributed by atoms with Gasteiger partial charge < -0.3 is 19.3 Å². The molecule has 0 atom stereocenters. The summed E-state index contributed by atoms with van der Waals surface area (Å²) < 4.78 is 7.37. The summed E-state index contributed by atoms with van der Waals surface area (Å²) in [6.07, 6.45) is 0. The molecule has 1 aliphatic rings. The van der Waals surface area contributed by atoms with Gasteiger partial charge in [-0.25, -0.2) is 4.79 Å². The number of ether oxygens (including phenoxy) is 1. The highest BCUT2D eigenvalue weighted by Crippen LogP contribution is 2.32. The number of aromatic carboxylic acids is 1. The summed E-state index contributed by atoms with van der Waals surface area (Å²) in [5, 5.41) is 9.77. The van der Waals surface area contributed by atoms with Crippen LogP contribution in [0, 0.1) is 20.8 Å². The minimum absolute atomic E-state index is 0.386. The van der Waals surface area contributed by atoms with Crippen molar-refractivity contribution in [2.24, 2.45) is 0 Å². The molecule has 5 nitrogen and oxygen atoms in total. The van der Waals surface area contributed by atoms with Gasteiger partial charge in [-0.15, -0.1) is 0 Å². The molecular weight excluding hydrogens is 304 g/mol. The van der Waals surface area contributed by atoms with Crippen molar-refractivity contribution in [2.75, 3.05) is 31.2 Å². The van der Waals surface area contributed by atoms with Crippen LogP contribution in [0.4, 0.5) is 5.69 Å². The summed E-state index contributed by atoms with van der Waals surface area (Å²) in [7, 11) is 0. The second-order valence-electron chi connectivity index (χ2n) is 6.32. The number of hydrogen-bond donors (Lipinski definition) is 1. The van der Waals surface area contributed by atoms with E-state index in [0.717, 1.165) is 35.6 Å². The van der Waals surface area contributed by atoms with Crippen molar-refractivity contribution in [3.8, 4) is 0 Å². The Morgan fingerprint density at radius 3 is 2.46 bits per heavy atom. The Bertz CT molecular complexity index is 758. The monoisotopic (exact) mass is 328 g/mol. The third-order valence-corrected chi connectivity index (χ3v) is 4.85. The van der Waals surface area contributed by atoms with Crippen LogP contribution in [-0.2, 0) is 11.3 Å². The van der Waals surface area contributed by atoms with Gasteiger partial charge in [0.1, 0.15) is 5.69 Å². The lowest BCUT2D eigenvalue weighted by atomic mass is 10.1. The molecule has 1 aromatic heterocycles. The molecule has 24 heavy (non-hydrogen) atoms. The number of carbonyl (C=O) groups is 1. The first-order chi connectivity index (χ1) is 11.5. The van der Waals surface area contributed by atoms with Crippen molar-refractivity contribution in [3.05, 3.63) is 52.3 Å². The Morgan fingerprint density at radius 1 is 1.17 bits per heavy atom. The van der Waals surface area contributed by atoms with Crippen molar-refractivity contribution in [1.82, 2.24) is 4.57 Å². The van der Waals surface area contributed by atoms with E-state index in [1.807, 2.05) is 30.5 Å². The maximum atomic E-state index is 11.9. The molecule has 0 bridgehead atoms. The molecule has 0 spiro atoms. The summed E-state index contributed by atoms with van der Waals surface area (Å²) in [5.41, 5.74) is 5.60. The zero-order valence-corrected chi connectivity index (χ0v) is 14.5. The van der Waals surface area contributed by atoms with E-state index in [-0.39, 0.29) is 0 Å². The minimum Gasteiger partial charge on any atom is -0.477 e. The molecule has 1 saturated heterocycles. The quantitative estimate of drug-likeness (QED) is 0.937. The van der Waals surface area contributed by atoms with Gasteiger partial charge in [0.2, 0.25) is 0 Å². The molecule has 0 unspecified atom stereocenters. The number of anilines is 1. The van der Waals surface area contributed by atoms with Gasteiger partial charge in [0.15, 0.2) is 0 Å². The maximum absolute atomic E-state index is 11.9. The summed E-state index contributed by atoms with van der Waals surface area (Å²) in [4.78, 5) is 14.1. The first-order valence-corrected chi connectivity index (χ1v) is 8.31. The average Bonchev–Trinajstić information content (AvgIpc) is 2.81. The Hall–Kier alpha value is -2.27. The fourth-order valence-corrected chi connectivity index (χ4v) is 3.57. The molecule has 3 rings (SSSR count). The maximum Gasteiger partial charge on any atom is 0.352 e. The van der Waals surface area contributed by atoms with Crippen molar-refractivity contribution in [1.29, 1.82) is 0 Å². The molecule has 128 valence electrons. The van der Waals surface area contributed by atoms with E-state index in [4.69, 9.17) is 4.74 Å². The van der Waals surface area contributed by atoms with Gasteiger partial charge in [0.25, 0.3) is 0 Å². The number of carboxylic acids is 1. The lowest BCUT2D eigenvalue weighted by Gasteiger charge is -2.29. The summed E-state index contributed by atoms with van der Waals surface area (Å²) >= 11 is 0. The molecule has 1 fully saturated rings. The predicted molar refractivity (Wildman–Crippen MR) is 94.2 cm³/mol. The number of hydrogen-bond acceptors (Lipinski definition) is 3. The van der Waals surface area contributed by atoms with E-state index in [1.54, 1.807) is 0 Å². The van der Waals surface area contributed by atoms with Gasteiger partial charge in [-0.2, -0.15) is 0 Å². The van der Waals surface area contributed by atoms with E-state index >= 15 is 0 Å². The Labute approximate surface area is 142 Å². The highest BCUT2D eigenvalue weighted by molar-refractivity contribution is 5.91. The second-order valence-corrected chi connectivity index (χ2v) is 6.32. The highest BCUT2D eigenvalue weighted by atomic mass is 16.5. The summed E-state index contributed by atoms with van der Waals surface area (Å²) in [5.74, 6) is -0.872. The molecule has 0 aliphatic carbocycles. The van der Waals surface area contributed by atoms with Crippen LogP contribution in [0.25, 0.3) is 0 Å². The lowest BCUT2D eigenvalue weighted by molar-refractivity contribution is 0.0684. The number of benzene rings is 1. The fourth-order valence-electron chi connectivity index (χ4n) is 3.57. The van der Waals surface area contributed by atoms with Crippen LogP contribution in [0.3, 0.4) is 0 Å². The van der Waals surface area contributed by atoms with Crippen LogP contribution >= 0.6 is 0 Å². The molecule has 5 heteroatoms. The van der Waals surface area contributed by atoms with E-state index in [1.165, 1.54) is 5.56 Å². The molecule has 0 radical (unpaired) electrons. The zero-order chi connectivity index (χ0) is 17.3. The topological polar surface area (TPSA) is 54.7 Å². The number of carboxylic acid groups (broad SMARTS) is 1. The molecular formula is C19H24N2O3. The van der Waals surface area contributed by atoms with Crippen LogP contribution in [-0.4, -0.2) is 41.9 Å². The number of aryl methyl sites for hydroxylation is 1. The molecule has 1 aromatic carbocycles. The molecule has 0 saturated carbocycles. The van der Waals surface area contributed by atoms with Crippen LogP contribution in [0.2, 0.25) is 0 Å². The fraction of sp³-hybridized carbons (Fsp3) is 0.421. The van der Waals surface area contributed by atoms with Crippen LogP contribution in [0.5, 0.6) is 0 Å². The predicted octanol–water partition coefficient (Wildman–Crippen LogP) is 3.00. The first-order valence-electron chi connectivity index (χ1n) is 8.31. The van der Waals surface area contributed by atoms with E-state index < -0.39 is 5.97 Å². The largest absolute Gasteiger partial charge is 0.477 e. The zero-order valence-electron chi connectivity index (χ0n) is 14.5. The first kappa shape index (κ1) is 16.6.